The average Bonchev–Trinajstić information content (AvgIpc) is 2.42. The first-order chi connectivity index (χ1) is 7.08. The first-order valence-electron chi connectivity index (χ1n) is 4.52. The summed E-state index contributed by atoms with van der Waals surface area (Å²) in [6.07, 6.45) is 1.68. The predicted molar refractivity (Wildman–Crippen MR) is 58.8 cm³/mol. The smallest absolute Gasteiger partial charge is 0.261 e. The van der Waals surface area contributed by atoms with E-state index in [9.17, 15) is 9.90 Å². The van der Waals surface area contributed by atoms with E-state index >= 15 is 0 Å². The summed E-state index contributed by atoms with van der Waals surface area (Å²) in [7, 11) is 0. The summed E-state index contributed by atoms with van der Waals surface area (Å²) in [6.45, 7) is 3.53. The molecule has 1 aromatic carbocycles. The first-order valence-corrected chi connectivity index (χ1v) is 4.90. The second-order valence-corrected chi connectivity index (χ2v) is 3.93. The van der Waals surface area contributed by atoms with E-state index in [-0.39, 0.29) is 6.42 Å². The fourth-order valence-electron chi connectivity index (χ4n) is 1.73. The number of hydrogen-bond acceptors (Lipinski definition) is 2. The van der Waals surface area contributed by atoms with Crippen LogP contribution in [0.2, 0.25) is 5.02 Å². The molecule has 0 saturated carbocycles. The summed E-state index contributed by atoms with van der Waals surface area (Å²) >= 11 is 5.82. The molecule has 15 heavy (non-hydrogen) atoms. The van der Waals surface area contributed by atoms with Gasteiger partial charge in [0.15, 0.2) is 5.60 Å². The molecule has 0 radical (unpaired) electrons. The zero-order chi connectivity index (χ0) is 11.1. The van der Waals surface area contributed by atoms with Crippen molar-refractivity contribution in [2.45, 2.75) is 12.0 Å². The molecule has 0 fully saturated rings. The second kappa shape index (κ2) is 3.36. The fourth-order valence-corrected chi connectivity index (χ4v) is 1.90. The predicted octanol–water partition coefficient (Wildman–Crippen LogP) is 2.06. The van der Waals surface area contributed by atoms with Crippen LogP contribution in [0.15, 0.2) is 30.9 Å². The number of anilines is 1. The minimum atomic E-state index is -1.53. The Morgan fingerprint density at radius 2 is 2.33 bits per heavy atom. The molecule has 2 rings (SSSR count). The van der Waals surface area contributed by atoms with E-state index < -0.39 is 11.5 Å². The van der Waals surface area contributed by atoms with E-state index in [4.69, 9.17) is 11.6 Å². The van der Waals surface area contributed by atoms with Crippen molar-refractivity contribution >= 4 is 23.2 Å². The zero-order valence-corrected chi connectivity index (χ0v) is 8.71. The molecule has 78 valence electrons. The van der Waals surface area contributed by atoms with Gasteiger partial charge in [0.2, 0.25) is 0 Å². The van der Waals surface area contributed by atoms with Crippen LogP contribution in [0.3, 0.4) is 0 Å². The van der Waals surface area contributed by atoms with Crippen LogP contribution < -0.4 is 5.32 Å². The summed E-state index contributed by atoms with van der Waals surface area (Å²) in [4.78, 5) is 11.6. The normalized spacial score (nSPS) is 23.5. The maximum atomic E-state index is 11.6. The highest BCUT2D eigenvalue weighted by molar-refractivity contribution is 6.31. The lowest BCUT2D eigenvalue weighted by Gasteiger charge is -2.18. The Balaban J connectivity index is 2.57. The van der Waals surface area contributed by atoms with Gasteiger partial charge in [-0.1, -0.05) is 17.7 Å². The zero-order valence-electron chi connectivity index (χ0n) is 7.96. The standard InChI is InChI=1S/C11H10ClNO2/c1-2-5-11(15)8-6-7(12)3-4-9(8)13-10(11)14/h2-4,6,15H,1,5H2,(H,13,14)/t11-/m0/s1. The van der Waals surface area contributed by atoms with E-state index in [0.29, 0.717) is 16.3 Å². The van der Waals surface area contributed by atoms with Crippen molar-refractivity contribution in [2.24, 2.45) is 0 Å². The average molecular weight is 224 g/mol. The highest BCUT2D eigenvalue weighted by atomic mass is 35.5. The number of benzene rings is 1. The molecule has 1 aromatic rings. The van der Waals surface area contributed by atoms with Crippen LogP contribution in [-0.2, 0) is 10.4 Å². The Labute approximate surface area is 92.4 Å². The van der Waals surface area contributed by atoms with E-state index in [0.717, 1.165) is 0 Å². The van der Waals surface area contributed by atoms with Crippen LogP contribution >= 0.6 is 11.6 Å². The summed E-state index contributed by atoms with van der Waals surface area (Å²) in [5.74, 6) is -0.431. The molecular formula is C11H10ClNO2. The molecule has 0 aromatic heterocycles. The summed E-state index contributed by atoms with van der Waals surface area (Å²) in [5.41, 5.74) is -0.407. The Morgan fingerprint density at radius 3 is 3.00 bits per heavy atom. The third-order valence-electron chi connectivity index (χ3n) is 2.49. The Kier molecular flexibility index (Phi) is 2.29. The van der Waals surface area contributed by atoms with Gasteiger partial charge in [-0.25, -0.2) is 0 Å². The number of carbonyl (C=O) groups is 1. The molecule has 1 heterocycles. The number of nitrogens with one attached hydrogen (secondary N) is 1. The van der Waals surface area contributed by atoms with Crippen LogP contribution in [0.25, 0.3) is 0 Å². The SMILES string of the molecule is C=CC[C@@]1(O)C(=O)Nc2ccc(Cl)cc21. The number of halogens is 1. The van der Waals surface area contributed by atoms with Gasteiger partial charge >= 0.3 is 0 Å². The number of carbonyl (C=O) groups excluding carboxylic acids is 1. The van der Waals surface area contributed by atoms with Crippen LogP contribution in [0.4, 0.5) is 5.69 Å². The van der Waals surface area contributed by atoms with Crippen molar-refractivity contribution in [3.8, 4) is 0 Å². The van der Waals surface area contributed by atoms with E-state index in [2.05, 4.69) is 11.9 Å². The molecule has 0 aliphatic carbocycles. The molecule has 0 unspecified atom stereocenters. The van der Waals surface area contributed by atoms with Crippen LogP contribution in [0, 0.1) is 0 Å². The number of fused-ring (bicyclic) bond motifs is 1. The lowest BCUT2D eigenvalue weighted by Crippen LogP contribution is -2.33. The molecule has 3 nitrogen and oxygen atoms in total. The fraction of sp³-hybridized carbons (Fsp3) is 0.182. The Morgan fingerprint density at radius 1 is 1.60 bits per heavy atom. The largest absolute Gasteiger partial charge is 0.375 e. The number of aliphatic hydroxyl groups is 1. The number of amides is 1. The molecule has 0 bridgehead atoms. The highest BCUT2D eigenvalue weighted by Crippen LogP contribution is 2.39. The van der Waals surface area contributed by atoms with Gasteiger partial charge in [-0.15, -0.1) is 6.58 Å². The van der Waals surface area contributed by atoms with Gasteiger partial charge in [-0.3, -0.25) is 4.79 Å². The van der Waals surface area contributed by atoms with Crippen molar-refractivity contribution in [3.05, 3.63) is 41.4 Å². The molecule has 1 amide bonds. The van der Waals surface area contributed by atoms with Crippen LogP contribution in [0.1, 0.15) is 12.0 Å². The molecule has 4 heteroatoms. The molecule has 1 aliphatic rings. The van der Waals surface area contributed by atoms with Gasteiger partial charge in [0.25, 0.3) is 5.91 Å². The second-order valence-electron chi connectivity index (χ2n) is 3.50. The van der Waals surface area contributed by atoms with Crippen molar-refractivity contribution < 1.29 is 9.90 Å². The van der Waals surface area contributed by atoms with Crippen molar-refractivity contribution in [2.75, 3.05) is 5.32 Å². The van der Waals surface area contributed by atoms with Crippen LogP contribution in [0.5, 0.6) is 0 Å². The Bertz CT molecular complexity index is 444. The van der Waals surface area contributed by atoms with E-state index in [1.165, 1.54) is 6.08 Å². The number of hydrogen-bond donors (Lipinski definition) is 2. The van der Waals surface area contributed by atoms with Crippen molar-refractivity contribution in [1.29, 1.82) is 0 Å². The summed E-state index contributed by atoms with van der Waals surface area (Å²) in [6, 6.07) is 4.94. The van der Waals surface area contributed by atoms with Gasteiger partial charge < -0.3 is 10.4 Å². The summed E-state index contributed by atoms with van der Waals surface area (Å²) in [5, 5.41) is 13.3. The minimum absolute atomic E-state index is 0.173. The van der Waals surface area contributed by atoms with E-state index in [1.54, 1.807) is 18.2 Å². The molecule has 0 spiro atoms. The van der Waals surface area contributed by atoms with Gasteiger partial charge in [0.1, 0.15) is 0 Å². The summed E-state index contributed by atoms with van der Waals surface area (Å²) < 4.78 is 0. The lowest BCUT2D eigenvalue weighted by molar-refractivity contribution is -0.133. The van der Waals surface area contributed by atoms with Crippen molar-refractivity contribution in [3.63, 3.8) is 0 Å². The minimum Gasteiger partial charge on any atom is -0.375 e. The third-order valence-corrected chi connectivity index (χ3v) is 2.73. The molecule has 1 atom stereocenters. The van der Waals surface area contributed by atoms with Gasteiger partial charge in [-0.05, 0) is 18.2 Å². The lowest BCUT2D eigenvalue weighted by atomic mass is 9.92. The van der Waals surface area contributed by atoms with Gasteiger partial charge in [0.05, 0.1) is 0 Å². The molecule has 1 aliphatic heterocycles. The first kappa shape index (κ1) is 10.2. The molecular weight excluding hydrogens is 214 g/mol. The van der Waals surface area contributed by atoms with E-state index in [1.807, 2.05) is 0 Å². The maximum Gasteiger partial charge on any atom is 0.261 e. The number of rotatable bonds is 2. The highest BCUT2D eigenvalue weighted by Gasteiger charge is 2.44. The maximum absolute atomic E-state index is 11.6. The monoisotopic (exact) mass is 223 g/mol. The molecule has 2 N–H and O–H groups in total. The quantitative estimate of drug-likeness (QED) is 0.754. The van der Waals surface area contributed by atoms with Gasteiger partial charge in [0, 0.05) is 22.7 Å². The Hall–Kier alpha value is -1.32. The third kappa shape index (κ3) is 1.44. The van der Waals surface area contributed by atoms with Crippen molar-refractivity contribution in [1.82, 2.24) is 0 Å². The van der Waals surface area contributed by atoms with Gasteiger partial charge in [-0.2, -0.15) is 0 Å². The van der Waals surface area contributed by atoms with Crippen LogP contribution in [-0.4, -0.2) is 11.0 Å². The topological polar surface area (TPSA) is 49.3 Å². The molecule has 0 saturated heterocycles.